The number of nitrogens with zero attached hydrogens (tertiary/aromatic N) is 2. The molecular weight excluding hydrogens is 224 g/mol. The highest BCUT2D eigenvalue weighted by molar-refractivity contribution is 7.14. The summed E-state index contributed by atoms with van der Waals surface area (Å²) in [4.78, 5) is 17.4. The molecule has 0 radical (unpaired) electrons. The number of carbonyl (C=O) groups excluding carboxylic acids is 1. The molecule has 0 aromatic carbocycles. The van der Waals surface area contributed by atoms with E-state index in [1.807, 2.05) is 12.3 Å². The number of anilines is 1. The van der Waals surface area contributed by atoms with Crippen LogP contribution < -0.4 is 16.0 Å². The number of nitrogens with two attached hydrogens (primary N) is 1. The van der Waals surface area contributed by atoms with Crippen molar-refractivity contribution in [2.75, 3.05) is 24.5 Å². The highest BCUT2D eigenvalue weighted by Gasteiger charge is 2.12. The maximum atomic E-state index is 11.3. The van der Waals surface area contributed by atoms with Gasteiger partial charge in [-0.2, -0.15) is 0 Å². The van der Waals surface area contributed by atoms with Crippen LogP contribution in [-0.4, -0.2) is 30.5 Å². The molecule has 16 heavy (non-hydrogen) atoms. The summed E-state index contributed by atoms with van der Waals surface area (Å²) in [5, 5.41) is 5.89. The number of rotatable bonds is 6. The molecule has 1 amide bonds. The number of hydrogen-bond acceptors (Lipinski definition) is 5. The van der Waals surface area contributed by atoms with Crippen molar-refractivity contribution in [3.63, 3.8) is 0 Å². The third-order valence-corrected chi connectivity index (χ3v) is 3.01. The van der Waals surface area contributed by atoms with E-state index in [4.69, 9.17) is 5.73 Å². The van der Waals surface area contributed by atoms with E-state index in [2.05, 4.69) is 10.3 Å². The molecular formula is C10H18N4OS. The van der Waals surface area contributed by atoms with Gasteiger partial charge in [-0.1, -0.05) is 0 Å². The van der Waals surface area contributed by atoms with E-state index in [1.54, 1.807) is 11.8 Å². The molecule has 0 saturated carbocycles. The van der Waals surface area contributed by atoms with Crippen molar-refractivity contribution in [3.05, 3.63) is 11.1 Å². The molecule has 0 atom stereocenters. The van der Waals surface area contributed by atoms with Gasteiger partial charge in [0, 0.05) is 38.5 Å². The highest BCUT2D eigenvalue weighted by atomic mass is 32.1. The molecule has 0 aliphatic rings. The van der Waals surface area contributed by atoms with Gasteiger partial charge >= 0.3 is 0 Å². The van der Waals surface area contributed by atoms with Crippen LogP contribution in [0.5, 0.6) is 0 Å². The Morgan fingerprint density at radius 2 is 2.44 bits per heavy atom. The molecule has 0 aliphatic carbocycles. The molecule has 1 heterocycles. The summed E-state index contributed by atoms with van der Waals surface area (Å²) in [6.45, 7) is 6.23. The second-order valence-corrected chi connectivity index (χ2v) is 4.19. The van der Waals surface area contributed by atoms with Crippen LogP contribution in [0.3, 0.4) is 0 Å². The third kappa shape index (κ3) is 3.55. The van der Waals surface area contributed by atoms with E-state index in [0.29, 0.717) is 19.6 Å². The fourth-order valence-electron chi connectivity index (χ4n) is 1.31. The monoisotopic (exact) mass is 242 g/mol. The lowest BCUT2D eigenvalue weighted by atomic mass is 10.4. The van der Waals surface area contributed by atoms with Crippen LogP contribution in [0, 0.1) is 0 Å². The molecule has 0 spiro atoms. The Morgan fingerprint density at radius 1 is 1.69 bits per heavy atom. The van der Waals surface area contributed by atoms with Gasteiger partial charge in [-0.3, -0.25) is 9.69 Å². The topological polar surface area (TPSA) is 71.2 Å². The molecule has 1 rings (SSSR count). The van der Waals surface area contributed by atoms with Crippen LogP contribution in [-0.2, 0) is 11.3 Å². The lowest BCUT2D eigenvalue weighted by molar-refractivity contribution is -0.116. The maximum Gasteiger partial charge on any atom is 0.225 e. The minimum absolute atomic E-state index is 0.0262. The molecule has 1 aromatic rings. The largest absolute Gasteiger partial charge is 0.329 e. The molecule has 90 valence electrons. The Labute approximate surface area is 99.7 Å². The Kier molecular flexibility index (Phi) is 5.37. The van der Waals surface area contributed by atoms with Gasteiger partial charge in [0.25, 0.3) is 0 Å². The molecule has 0 bridgehead atoms. The lowest BCUT2D eigenvalue weighted by Crippen LogP contribution is -2.28. The predicted octanol–water partition coefficient (Wildman–Crippen LogP) is 0.564. The minimum Gasteiger partial charge on any atom is -0.329 e. The summed E-state index contributed by atoms with van der Waals surface area (Å²) in [6.07, 6.45) is 0. The average Bonchev–Trinajstić information content (AvgIpc) is 2.67. The fraction of sp³-hybridized carbons (Fsp3) is 0.600. The SMILES string of the molecule is CCN(C(C)=O)c1nc(CNCCN)cs1. The van der Waals surface area contributed by atoms with Gasteiger partial charge in [-0.05, 0) is 6.92 Å². The van der Waals surface area contributed by atoms with Crippen molar-refractivity contribution < 1.29 is 4.79 Å². The number of nitrogens with one attached hydrogen (secondary N) is 1. The van der Waals surface area contributed by atoms with E-state index in [0.717, 1.165) is 17.4 Å². The van der Waals surface area contributed by atoms with E-state index < -0.39 is 0 Å². The summed E-state index contributed by atoms with van der Waals surface area (Å²) in [5.74, 6) is 0.0262. The molecule has 5 nitrogen and oxygen atoms in total. The van der Waals surface area contributed by atoms with Crippen LogP contribution in [0.4, 0.5) is 5.13 Å². The van der Waals surface area contributed by atoms with Crippen LogP contribution in [0.15, 0.2) is 5.38 Å². The molecule has 0 aliphatic heterocycles. The van der Waals surface area contributed by atoms with Crippen molar-refractivity contribution in [3.8, 4) is 0 Å². The Hall–Kier alpha value is -0.980. The maximum absolute atomic E-state index is 11.3. The Morgan fingerprint density at radius 3 is 3.00 bits per heavy atom. The fourth-order valence-corrected chi connectivity index (χ4v) is 2.24. The third-order valence-electron chi connectivity index (χ3n) is 2.09. The van der Waals surface area contributed by atoms with E-state index >= 15 is 0 Å². The van der Waals surface area contributed by atoms with Crippen LogP contribution in [0.25, 0.3) is 0 Å². The Bertz CT molecular complexity index is 339. The standard InChI is InChI=1S/C10H18N4OS/c1-3-14(8(2)15)10-13-9(7-16-10)6-12-5-4-11/h7,12H,3-6,11H2,1-2H3. The molecule has 1 aromatic heterocycles. The summed E-state index contributed by atoms with van der Waals surface area (Å²) in [7, 11) is 0. The summed E-state index contributed by atoms with van der Waals surface area (Å²) in [6, 6.07) is 0. The second kappa shape index (κ2) is 6.57. The number of hydrogen-bond donors (Lipinski definition) is 2. The molecule has 6 heteroatoms. The lowest BCUT2D eigenvalue weighted by Gasteiger charge is -2.14. The van der Waals surface area contributed by atoms with Crippen LogP contribution in [0.1, 0.15) is 19.5 Å². The first kappa shape index (κ1) is 13.1. The number of carbonyl (C=O) groups is 1. The average molecular weight is 242 g/mol. The van der Waals surface area contributed by atoms with Crippen molar-refractivity contribution in [2.24, 2.45) is 5.73 Å². The van der Waals surface area contributed by atoms with Gasteiger partial charge in [-0.15, -0.1) is 11.3 Å². The number of thiazole rings is 1. The summed E-state index contributed by atoms with van der Waals surface area (Å²) < 4.78 is 0. The van der Waals surface area contributed by atoms with Gasteiger partial charge in [0.2, 0.25) is 5.91 Å². The second-order valence-electron chi connectivity index (χ2n) is 3.35. The van der Waals surface area contributed by atoms with Crippen molar-refractivity contribution in [1.29, 1.82) is 0 Å². The summed E-state index contributed by atoms with van der Waals surface area (Å²) >= 11 is 1.49. The predicted molar refractivity (Wildman–Crippen MR) is 66.6 cm³/mol. The zero-order chi connectivity index (χ0) is 12.0. The first-order valence-corrected chi connectivity index (χ1v) is 6.20. The first-order chi connectivity index (χ1) is 7.69. The van der Waals surface area contributed by atoms with Crippen molar-refractivity contribution in [2.45, 2.75) is 20.4 Å². The molecule has 0 fully saturated rings. The molecule has 3 N–H and O–H groups in total. The molecule has 0 unspecified atom stereocenters. The number of aromatic nitrogens is 1. The van der Waals surface area contributed by atoms with Gasteiger partial charge in [-0.25, -0.2) is 4.98 Å². The number of amides is 1. The highest BCUT2D eigenvalue weighted by Crippen LogP contribution is 2.20. The normalized spacial score (nSPS) is 10.4. The first-order valence-electron chi connectivity index (χ1n) is 5.32. The van der Waals surface area contributed by atoms with E-state index in [-0.39, 0.29) is 5.91 Å². The van der Waals surface area contributed by atoms with Crippen molar-refractivity contribution in [1.82, 2.24) is 10.3 Å². The van der Waals surface area contributed by atoms with Gasteiger partial charge in [0.15, 0.2) is 5.13 Å². The van der Waals surface area contributed by atoms with Crippen LogP contribution >= 0.6 is 11.3 Å². The van der Waals surface area contributed by atoms with Crippen LogP contribution in [0.2, 0.25) is 0 Å². The van der Waals surface area contributed by atoms with Crippen molar-refractivity contribution >= 4 is 22.4 Å². The molecule has 0 saturated heterocycles. The smallest absolute Gasteiger partial charge is 0.225 e. The van der Waals surface area contributed by atoms with E-state index in [9.17, 15) is 4.79 Å². The zero-order valence-corrected chi connectivity index (χ0v) is 10.5. The van der Waals surface area contributed by atoms with Gasteiger partial charge < -0.3 is 11.1 Å². The van der Waals surface area contributed by atoms with Gasteiger partial charge in [0.05, 0.1) is 5.69 Å². The zero-order valence-electron chi connectivity index (χ0n) is 9.69. The van der Waals surface area contributed by atoms with E-state index in [1.165, 1.54) is 11.3 Å². The minimum atomic E-state index is 0.0262. The quantitative estimate of drug-likeness (QED) is 0.715. The van der Waals surface area contributed by atoms with Gasteiger partial charge in [0.1, 0.15) is 0 Å². The Balaban J connectivity index is 2.59. The summed E-state index contributed by atoms with van der Waals surface area (Å²) in [5.41, 5.74) is 6.33.